The summed E-state index contributed by atoms with van der Waals surface area (Å²) in [6, 6.07) is 20.9. The highest BCUT2D eigenvalue weighted by Gasteiger charge is 2.60. The summed E-state index contributed by atoms with van der Waals surface area (Å²) >= 11 is 0. The highest BCUT2D eigenvalue weighted by molar-refractivity contribution is 5.82. The second kappa shape index (κ2) is 5.82. The molecular formula is C24H24O3. The van der Waals surface area contributed by atoms with Crippen molar-refractivity contribution in [3.63, 3.8) is 0 Å². The monoisotopic (exact) mass is 360 g/mol. The SMILES string of the molecule is CC1(C)O[C@@H]2[C@@H]3C=C[C@@](C)(OC3=C(c3ccccc3)c3ccccc3)[C@@H]2O1. The quantitative estimate of drug-likeness (QED) is 0.710. The molecule has 3 aliphatic heterocycles. The van der Waals surface area contributed by atoms with Gasteiger partial charge in [0, 0.05) is 5.57 Å². The lowest BCUT2D eigenvalue weighted by Gasteiger charge is -2.48. The maximum atomic E-state index is 6.64. The van der Waals surface area contributed by atoms with Crippen LogP contribution in [0.2, 0.25) is 0 Å². The van der Waals surface area contributed by atoms with Gasteiger partial charge < -0.3 is 14.2 Å². The molecule has 2 bridgehead atoms. The number of rotatable bonds is 2. The second-order valence-electron chi connectivity index (χ2n) is 8.16. The summed E-state index contributed by atoms with van der Waals surface area (Å²) in [5.74, 6) is 0.410. The lowest BCUT2D eigenvalue weighted by molar-refractivity contribution is -0.160. The molecule has 0 N–H and O–H groups in total. The summed E-state index contributed by atoms with van der Waals surface area (Å²) in [7, 11) is 0. The van der Waals surface area contributed by atoms with E-state index < -0.39 is 11.4 Å². The molecule has 0 saturated carbocycles. The molecule has 2 aromatic carbocycles. The van der Waals surface area contributed by atoms with Crippen LogP contribution in [0.25, 0.3) is 5.57 Å². The standard InChI is InChI=1S/C24H24O3/c1-23(2)25-21-18-14-15-24(3,22(21)27-23)26-20(18)19(16-10-6-4-7-11-16)17-12-8-5-9-13-17/h4-15,18,21-22H,1-3H3/t18-,21-,22-,24-/m1/s1. The van der Waals surface area contributed by atoms with E-state index in [0.717, 1.165) is 22.5 Å². The van der Waals surface area contributed by atoms with Gasteiger partial charge in [-0.15, -0.1) is 0 Å². The molecule has 0 radical (unpaired) electrons. The van der Waals surface area contributed by atoms with Crippen LogP contribution in [0.5, 0.6) is 0 Å². The summed E-state index contributed by atoms with van der Waals surface area (Å²) in [4.78, 5) is 0. The van der Waals surface area contributed by atoms with Crippen LogP contribution in [0.1, 0.15) is 31.9 Å². The Bertz CT molecular complexity index is 872. The van der Waals surface area contributed by atoms with E-state index in [4.69, 9.17) is 14.2 Å². The average molecular weight is 360 g/mol. The number of benzene rings is 2. The van der Waals surface area contributed by atoms with Crippen molar-refractivity contribution in [2.45, 2.75) is 44.4 Å². The summed E-state index contributed by atoms with van der Waals surface area (Å²) in [6.07, 6.45) is 4.23. The van der Waals surface area contributed by atoms with Crippen molar-refractivity contribution in [3.05, 3.63) is 89.7 Å². The maximum absolute atomic E-state index is 6.64. The van der Waals surface area contributed by atoms with Gasteiger partial charge in [0.05, 0.1) is 5.92 Å². The first-order chi connectivity index (χ1) is 13.0. The van der Waals surface area contributed by atoms with Crippen molar-refractivity contribution in [1.82, 2.24) is 0 Å². The molecule has 3 heterocycles. The third-order valence-corrected chi connectivity index (χ3v) is 5.69. The molecule has 6 rings (SSSR count). The van der Waals surface area contributed by atoms with Crippen molar-refractivity contribution in [3.8, 4) is 0 Å². The number of hydrogen-bond donors (Lipinski definition) is 0. The molecule has 3 nitrogen and oxygen atoms in total. The molecule has 1 aliphatic carbocycles. The van der Waals surface area contributed by atoms with Gasteiger partial charge in [-0.3, -0.25) is 0 Å². The van der Waals surface area contributed by atoms with Crippen LogP contribution >= 0.6 is 0 Å². The maximum Gasteiger partial charge on any atom is 0.164 e. The fourth-order valence-corrected chi connectivity index (χ4v) is 4.51. The van der Waals surface area contributed by atoms with E-state index in [1.54, 1.807) is 0 Å². The van der Waals surface area contributed by atoms with E-state index in [1.807, 2.05) is 26.0 Å². The number of fused-ring (bicyclic) bond motifs is 1. The van der Waals surface area contributed by atoms with E-state index in [-0.39, 0.29) is 18.1 Å². The molecule has 2 fully saturated rings. The van der Waals surface area contributed by atoms with Gasteiger partial charge in [-0.25, -0.2) is 0 Å². The minimum atomic E-state index is -0.598. The summed E-state index contributed by atoms with van der Waals surface area (Å²) in [6.45, 7) is 6.05. The van der Waals surface area contributed by atoms with Gasteiger partial charge in [-0.05, 0) is 38.0 Å². The van der Waals surface area contributed by atoms with Crippen LogP contribution in [-0.4, -0.2) is 23.6 Å². The third kappa shape index (κ3) is 2.65. The number of hydrogen-bond acceptors (Lipinski definition) is 3. The molecular weight excluding hydrogens is 336 g/mol. The highest BCUT2D eigenvalue weighted by atomic mass is 16.8. The molecule has 27 heavy (non-hydrogen) atoms. The summed E-state index contributed by atoms with van der Waals surface area (Å²) in [5, 5.41) is 0. The first kappa shape index (κ1) is 16.8. The first-order valence-electron chi connectivity index (χ1n) is 9.56. The molecule has 3 heteroatoms. The van der Waals surface area contributed by atoms with E-state index in [1.165, 1.54) is 0 Å². The van der Waals surface area contributed by atoms with E-state index in [2.05, 4.69) is 67.6 Å². The Hall–Kier alpha value is -2.36. The van der Waals surface area contributed by atoms with E-state index in [9.17, 15) is 0 Å². The predicted molar refractivity (Wildman–Crippen MR) is 105 cm³/mol. The Balaban J connectivity index is 1.71. The van der Waals surface area contributed by atoms with E-state index >= 15 is 0 Å². The van der Waals surface area contributed by atoms with Crippen LogP contribution in [0.3, 0.4) is 0 Å². The van der Waals surface area contributed by atoms with Crippen molar-refractivity contribution in [2.24, 2.45) is 5.92 Å². The molecule has 2 aromatic rings. The van der Waals surface area contributed by atoms with Crippen LogP contribution in [0.4, 0.5) is 0 Å². The first-order valence-corrected chi connectivity index (χ1v) is 9.56. The van der Waals surface area contributed by atoms with Crippen LogP contribution in [-0.2, 0) is 14.2 Å². The molecule has 0 amide bonds. The third-order valence-electron chi connectivity index (χ3n) is 5.69. The van der Waals surface area contributed by atoms with Gasteiger partial charge in [-0.1, -0.05) is 66.7 Å². The second-order valence-corrected chi connectivity index (χ2v) is 8.16. The van der Waals surface area contributed by atoms with Gasteiger partial charge in [0.25, 0.3) is 0 Å². The highest BCUT2D eigenvalue weighted by Crippen LogP contribution is 2.52. The Morgan fingerprint density at radius 1 is 0.815 bits per heavy atom. The number of ether oxygens (including phenoxy) is 3. The Morgan fingerprint density at radius 2 is 1.41 bits per heavy atom. The zero-order valence-corrected chi connectivity index (χ0v) is 15.9. The Kier molecular flexibility index (Phi) is 3.62. The van der Waals surface area contributed by atoms with Gasteiger partial charge in [0.15, 0.2) is 11.4 Å². The molecule has 0 aromatic heterocycles. The Morgan fingerprint density at radius 3 is 2.00 bits per heavy atom. The largest absolute Gasteiger partial charge is 0.484 e. The van der Waals surface area contributed by atoms with E-state index in [0.29, 0.717) is 0 Å². The predicted octanol–water partition coefficient (Wildman–Crippen LogP) is 4.94. The topological polar surface area (TPSA) is 27.7 Å². The summed E-state index contributed by atoms with van der Waals surface area (Å²) < 4.78 is 19.2. The minimum Gasteiger partial charge on any atom is -0.484 e. The van der Waals surface area contributed by atoms with Crippen LogP contribution in [0.15, 0.2) is 78.6 Å². The molecule has 0 unspecified atom stereocenters. The van der Waals surface area contributed by atoms with Crippen LogP contribution in [0, 0.1) is 5.92 Å². The fourth-order valence-electron chi connectivity index (χ4n) is 4.51. The lowest BCUT2D eigenvalue weighted by atomic mass is 9.75. The minimum absolute atomic E-state index is 0.0361. The van der Waals surface area contributed by atoms with Crippen molar-refractivity contribution < 1.29 is 14.2 Å². The van der Waals surface area contributed by atoms with Gasteiger partial charge in [0.1, 0.15) is 18.0 Å². The molecule has 0 spiro atoms. The van der Waals surface area contributed by atoms with Crippen molar-refractivity contribution in [2.75, 3.05) is 0 Å². The van der Waals surface area contributed by atoms with Crippen molar-refractivity contribution >= 4 is 5.57 Å². The molecule has 138 valence electrons. The average Bonchev–Trinajstić information content (AvgIpc) is 3.01. The van der Waals surface area contributed by atoms with Crippen molar-refractivity contribution in [1.29, 1.82) is 0 Å². The fraction of sp³-hybridized carbons (Fsp3) is 0.333. The van der Waals surface area contributed by atoms with Gasteiger partial charge >= 0.3 is 0 Å². The Labute approximate surface area is 160 Å². The molecule has 4 atom stereocenters. The zero-order valence-electron chi connectivity index (χ0n) is 15.9. The lowest BCUT2D eigenvalue weighted by Crippen LogP contribution is -2.56. The molecule has 4 aliphatic rings. The zero-order chi connectivity index (χ0) is 18.6. The smallest absolute Gasteiger partial charge is 0.164 e. The normalized spacial score (nSPS) is 32.9. The summed E-state index contributed by atoms with van der Waals surface area (Å²) in [5.41, 5.74) is 2.90. The van der Waals surface area contributed by atoms with Gasteiger partial charge in [-0.2, -0.15) is 0 Å². The van der Waals surface area contributed by atoms with Crippen LogP contribution < -0.4 is 0 Å². The molecule has 2 saturated heterocycles. The van der Waals surface area contributed by atoms with Gasteiger partial charge in [0.2, 0.25) is 0 Å².